The molecule has 2 fully saturated rings. The van der Waals surface area contributed by atoms with Crippen LogP contribution < -0.4 is 21.3 Å². The molecule has 5 rings (SSSR count). The summed E-state index contributed by atoms with van der Waals surface area (Å²) in [7, 11) is 0. The smallest absolute Gasteiger partial charge is 0.244 e. The third-order valence-corrected chi connectivity index (χ3v) is 6.22. The lowest BCUT2D eigenvalue weighted by atomic mass is 9.93. The Morgan fingerprint density at radius 1 is 1.10 bits per heavy atom. The Bertz CT molecular complexity index is 937. The van der Waals surface area contributed by atoms with Crippen LogP contribution in [0.25, 0.3) is 0 Å². The van der Waals surface area contributed by atoms with Gasteiger partial charge in [0.2, 0.25) is 11.9 Å². The fourth-order valence-corrected chi connectivity index (χ4v) is 4.42. The van der Waals surface area contributed by atoms with E-state index in [1.54, 1.807) is 0 Å². The molecule has 8 heteroatoms. The maximum absolute atomic E-state index is 12.3. The van der Waals surface area contributed by atoms with Crippen molar-refractivity contribution in [2.45, 2.75) is 51.2 Å². The normalized spacial score (nSPS) is 19.3. The summed E-state index contributed by atoms with van der Waals surface area (Å²) < 4.78 is 0. The van der Waals surface area contributed by atoms with Gasteiger partial charge in [-0.2, -0.15) is 9.97 Å². The monoisotopic (exact) mass is 407 g/mol. The summed E-state index contributed by atoms with van der Waals surface area (Å²) in [6.45, 7) is 4.19. The molecule has 1 saturated carbocycles. The number of carbonyl (C=O) groups excluding carboxylic acids is 1. The summed E-state index contributed by atoms with van der Waals surface area (Å²) in [5, 5.41) is 6.21. The van der Waals surface area contributed by atoms with Gasteiger partial charge in [0, 0.05) is 19.1 Å². The number of nitrogens with zero attached hydrogens (tertiary/aromatic N) is 4. The topological polar surface area (TPSA) is 99.4 Å². The van der Waals surface area contributed by atoms with Gasteiger partial charge >= 0.3 is 0 Å². The van der Waals surface area contributed by atoms with E-state index in [2.05, 4.69) is 44.8 Å². The number of nitrogens with one attached hydrogen (secondary N) is 2. The van der Waals surface area contributed by atoms with Crippen molar-refractivity contribution in [3.05, 3.63) is 35.4 Å². The number of hydrogen-bond donors (Lipinski definition) is 3. The Morgan fingerprint density at radius 3 is 2.60 bits per heavy atom. The van der Waals surface area contributed by atoms with Gasteiger partial charge in [0.1, 0.15) is 5.69 Å². The molecule has 4 N–H and O–H groups in total. The van der Waals surface area contributed by atoms with E-state index in [4.69, 9.17) is 10.7 Å². The maximum atomic E-state index is 12.3. The molecule has 1 amide bonds. The number of nitrogens with two attached hydrogens (primary N) is 1. The van der Waals surface area contributed by atoms with Crippen LogP contribution in [0.1, 0.15) is 43.2 Å². The van der Waals surface area contributed by atoms with Crippen LogP contribution in [0.15, 0.2) is 24.3 Å². The molecule has 0 radical (unpaired) electrons. The molecule has 0 spiro atoms. The van der Waals surface area contributed by atoms with Crippen molar-refractivity contribution in [2.75, 3.05) is 40.9 Å². The molecular weight excluding hydrogens is 378 g/mol. The highest BCUT2D eigenvalue weighted by molar-refractivity contribution is 6.03. The van der Waals surface area contributed by atoms with Gasteiger partial charge in [0.05, 0.1) is 6.54 Å². The number of aromatic nitrogens is 2. The molecular formula is C22H29N7O. The molecule has 158 valence electrons. The van der Waals surface area contributed by atoms with Gasteiger partial charge in [-0.15, -0.1) is 0 Å². The van der Waals surface area contributed by atoms with Crippen LogP contribution in [0.2, 0.25) is 0 Å². The van der Waals surface area contributed by atoms with Crippen molar-refractivity contribution in [2.24, 2.45) is 0 Å². The van der Waals surface area contributed by atoms with Crippen molar-refractivity contribution in [1.82, 2.24) is 14.9 Å². The Morgan fingerprint density at radius 2 is 1.87 bits per heavy atom. The summed E-state index contributed by atoms with van der Waals surface area (Å²) in [5.41, 5.74) is 9.16. The number of anilines is 4. The molecule has 30 heavy (non-hydrogen) atoms. The zero-order chi connectivity index (χ0) is 20.5. The number of hydrogen-bond acceptors (Lipinski definition) is 7. The predicted octanol–water partition coefficient (Wildman–Crippen LogP) is 2.58. The lowest BCUT2D eigenvalue weighted by Crippen LogP contribution is -2.39. The molecule has 0 atom stereocenters. The van der Waals surface area contributed by atoms with E-state index in [0.29, 0.717) is 35.9 Å². The molecule has 1 aliphatic carbocycles. The van der Waals surface area contributed by atoms with Crippen LogP contribution in [0.3, 0.4) is 0 Å². The number of nitrogen functional groups attached to an aromatic ring is 1. The first-order valence-electron chi connectivity index (χ1n) is 10.9. The maximum Gasteiger partial charge on any atom is 0.244 e. The fourth-order valence-electron chi connectivity index (χ4n) is 4.42. The highest BCUT2D eigenvalue weighted by Gasteiger charge is 2.28. The average molecular weight is 408 g/mol. The summed E-state index contributed by atoms with van der Waals surface area (Å²) in [4.78, 5) is 25.9. The minimum atomic E-state index is -0.0919. The number of carbonyl (C=O) groups is 1. The first-order chi connectivity index (χ1) is 14.6. The van der Waals surface area contributed by atoms with Gasteiger partial charge in [0.15, 0.2) is 11.6 Å². The molecule has 3 aliphatic rings. The zero-order valence-electron chi connectivity index (χ0n) is 17.2. The van der Waals surface area contributed by atoms with Gasteiger partial charge in [-0.25, -0.2) is 0 Å². The van der Waals surface area contributed by atoms with Crippen molar-refractivity contribution in [3.63, 3.8) is 0 Å². The first-order valence-corrected chi connectivity index (χ1v) is 10.9. The fraction of sp³-hybridized carbons (Fsp3) is 0.500. The molecule has 0 unspecified atom stereocenters. The second-order valence-electron chi connectivity index (χ2n) is 8.61. The molecule has 1 saturated heterocycles. The van der Waals surface area contributed by atoms with Crippen LogP contribution >= 0.6 is 0 Å². The average Bonchev–Trinajstić information content (AvgIpc) is 3.19. The number of rotatable bonds is 6. The summed E-state index contributed by atoms with van der Waals surface area (Å²) in [6, 6.07) is 9.04. The van der Waals surface area contributed by atoms with E-state index in [0.717, 1.165) is 24.9 Å². The van der Waals surface area contributed by atoms with Gasteiger partial charge in [-0.1, -0.05) is 24.3 Å². The first kappa shape index (κ1) is 19.1. The van der Waals surface area contributed by atoms with E-state index in [1.165, 1.54) is 37.9 Å². The van der Waals surface area contributed by atoms with Gasteiger partial charge in [-0.05, 0) is 56.3 Å². The molecule has 8 nitrogen and oxygen atoms in total. The lowest BCUT2D eigenvalue weighted by molar-refractivity contribution is -0.115. The minimum absolute atomic E-state index is 0.0919. The summed E-state index contributed by atoms with van der Waals surface area (Å²) in [6.07, 6.45) is 6.07. The Kier molecular flexibility index (Phi) is 5.16. The van der Waals surface area contributed by atoms with Gasteiger partial charge in [0.25, 0.3) is 0 Å². The third-order valence-electron chi connectivity index (χ3n) is 6.22. The zero-order valence-corrected chi connectivity index (χ0v) is 17.2. The number of likely N-dealkylation sites (tertiary alicyclic amines) is 1. The van der Waals surface area contributed by atoms with E-state index >= 15 is 0 Å². The number of fused-ring (bicyclic) bond motifs is 1. The molecule has 2 aromatic rings. The van der Waals surface area contributed by atoms with Crippen molar-refractivity contribution in [1.29, 1.82) is 0 Å². The standard InChI is InChI=1S/C22H29N7O/c23-20-19-21(27-22(26-20)24-17-7-4-8-17)29(14-18(30)25-19)13-16-6-3-5-15(11-16)12-28-9-1-2-10-28/h3,5-6,11,17H,1-2,4,7-10,12-14H2,(H,25,30)(H3,23,24,26,27). The second kappa shape index (κ2) is 8.10. The Labute approximate surface area is 176 Å². The molecule has 1 aromatic carbocycles. The molecule has 1 aromatic heterocycles. The van der Waals surface area contributed by atoms with Crippen LogP contribution in [0.4, 0.5) is 23.3 Å². The van der Waals surface area contributed by atoms with Crippen molar-refractivity contribution >= 4 is 29.2 Å². The van der Waals surface area contributed by atoms with E-state index in [-0.39, 0.29) is 12.5 Å². The number of amides is 1. The van der Waals surface area contributed by atoms with Crippen LogP contribution in [0.5, 0.6) is 0 Å². The summed E-state index contributed by atoms with van der Waals surface area (Å²) >= 11 is 0. The lowest BCUT2D eigenvalue weighted by Gasteiger charge is -2.32. The van der Waals surface area contributed by atoms with Crippen molar-refractivity contribution < 1.29 is 4.79 Å². The number of benzene rings is 1. The quantitative estimate of drug-likeness (QED) is 0.677. The van der Waals surface area contributed by atoms with E-state index in [9.17, 15) is 4.79 Å². The highest BCUT2D eigenvalue weighted by Crippen LogP contribution is 2.34. The minimum Gasteiger partial charge on any atom is -0.382 e. The predicted molar refractivity (Wildman–Crippen MR) is 118 cm³/mol. The Balaban J connectivity index is 1.37. The van der Waals surface area contributed by atoms with E-state index in [1.807, 2.05) is 4.90 Å². The van der Waals surface area contributed by atoms with Crippen LogP contribution in [0, 0.1) is 0 Å². The molecule has 0 bridgehead atoms. The molecule has 3 heterocycles. The van der Waals surface area contributed by atoms with Crippen molar-refractivity contribution in [3.8, 4) is 0 Å². The molecule has 2 aliphatic heterocycles. The van der Waals surface area contributed by atoms with E-state index < -0.39 is 0 Å². The van der Waals surface area contributed by atoms with Crippen LogP contribution in [-0.4, -0.2) is 46.5 Å². The highest BCUT2D eigenvalue weighted by atomic mass is 16.2. The summed E-state index contributed by atoms with van der Waals surface area (Å²) in [5.74, 6) is 1.45. The van der Waals surface area contributed by atoms with Crippen LogP contribution in [-0.2, 0) is 17.9 Å². The SMILES string of the molecule is Nc1nc(NC2CCC2)nc2c1NC(=O)CN2Cc1cccc(CN2CCCC2)c1. The third kappa shape index (κ3) is 4.05. The Hall–Kier alpha value is -2.87. The van der Waals surface area contributed by atoms with Gasteiger partial charge < -0.3 is 21.3 Å². The van der Waals surface area contributed by atoms with Gasteiger partial charge in [-0.3, -0.25) is 9.69 Å². The second-order valence-corrected chi connectivity index (χ2v) is 8.61. The largest absolute Gasteiger partial charge is 0.382 e.